The van der Waals surface area contributed by atoms with Gasteiger partial charge in [0.1, 0.15) is 5.82 Å². The number of nitrogens with one attached hydrogen (secondary N) is 1. The van der Waals surface area contributed by atoms with E-state index in [2.05, 4.69) is 28.7 Å². The molecule has 0 saturated carbocycles. The molecule has 1 fully saturated rings. The van der Waals surface area contributed by atoms with Gasteiger partial charge in [0.25, 0.3) is 0 Å². The number of carbonyl (C=O) groups is 1. The van der Waals surface area contributed by atoms with Gasteiger partial charge in [-0.3, -0.25) is 0 Å². The first-order valence-corrected chi connectivity index (χ1v) is 8.23. The Morgan fingerprint density at radius 1 is 1.35 bits per heavy atom. The molecule has 1 aliphatic rings. The zero-order chi connectivity index (χ0) is 16.4. The number of amides is 2. The molecule has 122 valence electrons. The number of hydrogen-bond acceptors (Lipinski definition) is 2. The zero-order valence-corrected chi connectivity index (χ0v) is 14.1. The van der Waals surface area contributed by atoms with Crippen LogP contribution in [0.3, 0.4) is 0 Å². The number of carbonyl (C=O) groups excluding carboxylic acids is 1. The van der Waals surface area contributed by atoms with Gasteiger partial charge in [0, 0.05) is 54.6 Å². The predicted molar refractivity (Wildman–Crippen MR) is 91.8 cm³/mol. The number of anilines is 1. The number of benzene rings is 1. The molecule has 6 heteroatoms. The highest BCUT2D eigenvalue weighted by Gasteiger charge is 2.31. The number of likely N-dealkylation sites (tertiary alicyclic amines) is 1. The second-order valence-electron chi connectivity index (χ2n) is 6.30. The molecule has 1 aliphatic heterocycles. The summed E-state index contributed by atoms with van der Waals surface area (Å²) in [4.78, 5) is 18.4. The minimum atomic E-state index is -0.0571. The van der Waals surface area contributed by atoms with Crippen molar-refractivity contribution in [2.75, 3.05) is 18.4 Å². The number of imidazole rings is 1. The molecular formula is C17H21ClN4O. The summed E-state index contributed by atoms with van der Waals surface area (Å²) < 4.78 is 2.20. The van der Waals surface area contributed by atoms with E-state index in [1.54, 1.807) is 24.3 Å². The minimum absolute atomic E-state index is 0.0571. The molecule has 1 N–H and O–H groups in total. The van der Waals surface area contributed by atoms with Crippen molar-refractivity contribution < 1.29 is 4.79 Å². The summed E-state index contributed by atoms with van der Waals surface area (Å²) in [6.45, 7) is 6.75. The Labute approximate surface area is 141 Å². The van der Waals surface area contributed by atoms with Gasteiger partial charge < -0.3 is 14.8 Å². The highest BCUT2D eigenvalue weighted by atomic mass is 35.5. The van der Waals surface area contributed by atoms with E-state index in [-0.39, 0.29) is 6.03 Å². The van der Waals surface area contributed by atoms with Crippen LogP contribution in [-0.2, 0) is 6.54 Å². The fourth-order valence-electron chi connectivity index (χ4n) is 2.84. The second kappa shape index (κ2) is 6.62. The molecule has 0 atom stereocenters. The molecule has 0 aliphatic carbocycles. The molecule has 2 aromatic rings. The van der Waals surface area contributed by atoms with Crippen molar-refractivity contribution in [3.05, 3.63) is 47.5 Å². The Morgan fingerprint density at radius 3 is 2.70 bits per heavy atom. The highest BCUT2D eigenvalue weighted by Crippen LogP contribution is 2.22. The Bertz CT molecular complexity index is 674. The summed E-state index contributed by atoms with van der Waals surface area (Å²) in [5.41, 5.74) is 0.763. The van der Waals surface area contributed by atoms with Crippen LogP contribution in [0.2, 0.25) is 5.02 Å². The number of hydrogen-bond donors (Lipinski definition) is 1. The molecule has 0 unspecified atom stereocenters. The van der Waals surface area contributed by atoms with Crippen molar-refractivity contribution in [1.29, 1.82) is 0 Å². The fourth-order valence-corrected chi connectivity index (χ4v) is 2.97. The van der Waals surface area contributed by atoms with Crippen molar-refractivity contribution in [3.63, 3.8) is 0 Å². The van der Waals surface area contributed by atoms with Crippen LogP contribution in [-0.4, -0.2) is 33.6 Å². The lowest BCUT2D eigenvalue weighted by Gasteiger charge is -2.39. The molecule has 3 rings (SSSR count). The molecule has 2 amide bonds. The lowest BCUT2D eigenvalue weighted by atomic mass is 10.0. The normalized spacial score (nSPS) is 14.9. The van der Waals surface area contributed by atoms with Crippen molar-refractivity contribution in [2.24, 2.45) is 5.92 Å². The topological polar surface area (TPSA) is 50.2 Å². The third kappa shape index (κ3) is 3.67. The van der Waals surface area contributed by atoms with Gasteiger partial charge in [0.05, 0.1) is 0 Å². The summed E-state index contributed by atoms with van der Waals surface area (Å²) in [5, 5.41) is 3.55. The van der Waals surface area contributed by atoms with Crippen LogP contribution >= 0.6 is 11.6 Å². The van der Waals surface area contributed by atoms with E-state index in [1.165, 1.54) is 0 Å². The smallest absolute Gasteiger partial charge is 0.321 e. The van der Waals surface area contributed by atoms with Gasteiger partial charge >= 0.3 is 6.03 Å². The number of aromatic nitrogens is 2. The van der Waals surface area contributed by atoms with E-state index in [0.717, 1.165) is 31.1 Å². The standard InChI is InChI=1S/C17H21ClN4O/c1-12(2)16-19-7-8-21(16)9-13-10-22(11-13)17(23)20-15-5-3-14(18)4-6-15/h3-8,12-13H,9-11H2,1-2H3,(H,20,23). The van der Waals surface area contributed by atoms with E-state index < -0.39 is 0 Å². The van der Waals surface area contributed by atoms with Crippen LogP contribution in [0, 0.1) is 5.92 Å². The summed E-state index contributed by atoms with van der Waals surface area (Å²) in [6.07, 6.45) is 3.87. The largest absolute Gasteiger partial charge is 0.334 e. The van der Waals surface area contributed by atoms with Crippen molar-refractivity contribution in [2.45, 2.75) is 26.3 Å². The number of nitrogens with zero attached hydrogens (tertiary/aromatic N) is 3. The number of halogens is 1. The lowest BCUT2D eigenvalue weighted by molar-refractivity contribution is 0.119. The third-order valence-corrected chi connectivity index (χ3v) is 4.31. The quantitative estimate of drug-likeness (QED) is 0.925. The summed E-state index contributed by atoms with van der Waals surface area (Å²) in [7, 11) is 0. The Hall–Kier alpha value is -2.01. The minimum Gasteiger partial charge on any atom is -0.334 e. The van der Waals surface area contributed by atoms with Crippen LogP contribution in [0.4, 0.5) is 10.5 Å². The molecule has 1 aromatic carbocycles. The average molecular weight is 333 g/mol. The molecule has 0 bridgehead atoms. The maximum atomic E-state index is 12.2. The third-order valence-electron chi connectivity index (χ3n) is 4.06. The van der Waals surface area contributed by atoms with E-state index in [9.17, 15) is 4.79 Å². The van der Waals surface area contributed by atoms with Crippen LogP contribution < -0.4 is 5.32 Å². The van der Waals surface area contributed by atoms with Crippen LogP contribution in [0.1, 0.15) is 25.6 Å². The fraction of sp³-hybridized carbons (Fsp3) is 0.412. The van der Waals surface area contributed by atoms with Crippen LogP contribution in [0.5, 0.6) is 0 Å². The SMILES string of the molecule is CC(C)c1nccn1CC1CN(C(=O)Nc2ccc(Cl)cc2)C1. The summed E-state index contributed by atoms with van der Waals surface area (Å²) >= 11 is 5.84. The lowest BCUT2D eigenvalue weighted by Crippen LogP contribution is -2.53. The zero-order valence-electron chi connectivity index (χ0n) is 13.4. The molecule has 0 spiro atoms. The molecule has 0 radical (unpaired) electrons. The van der Waals surface area contributed by atoms with E-state index in [4.69, 9.17) is 11.6 Å². The Kier molecular flexibility index (Phi) is 4.57. The van der Waals surface area contributed by atoms with Gasteiger partial charge in [-0.2, -0.15) is 0 Å². The van der Waals surface area contributed by atoms with E-state index in [1.807, 2.05) is 17.3 Å². The molecule has 1 aromatic heterocycles. The molecule has 2 heterocycles. The Morgan fingerprint density at radius 2 is 2.04 bits per heavy atom. The number of urea groups is 1. The highest BCUT2D eigenvalue weighted by molar-refractivity contribution is 6.30. The van der Waals surface area contributed by atoms with E-state index in [0.29, 0.717) is 16.9 Å². The first-order valence-electron chi connectivity index (χ1n) is 7.85. The molecule has 5 nitrogen and oxygen atoms in total. The van der Waals surface area contributed by atoms with Gasteiger partial charge in [-0.15, -0.1) is 0 Å². The first-order chi connectivity index (χ1) is 11.0. The second-order valence-corrected chi connectivity index (χ2v) is 6.74. The molecular weight excluding hydrogens is 312 g/mol. The van der Waals surface area contributed by atoms with Gasteiger partial charge in [0.2, 0.25) is 0 Å². The van der Waals surface area contributed by atoms with Crippen molar-refractivity contribution in [1.82, 2.24) is 14.5 Å². The van der Waals surface area contributed by atoms with Crippen molar-refractivity contribution in [3.8, 4) is 0 Å². The van der Waals surface area contributed by atoms with Gasteiger partial charge in [0.15, 0.2) is 0 Å². The molecule has 1 saturated heterocycles. The van der Waals surface area contributed by atoms with Crippen LogP contribution in [0.15, 0.2) is 36.7 Å². The van der Waals surface area contributed by atoms with Gasteiger partial charge in [-0.05, 0) is 24.3 Å². The summed E-state index contributed by atoms with van der Waals surface area (Å²) in [5.74, 6) is 2.00. The number of rotatable bonds is 4. The Balaban J connectivity index is 1.49. The van der Waals surface area contributed by atoms with Crippen LogP contribution in [0.25, 0.3) is 0 Å². The average Bonchev–Trinajstić information content (AvgIpc) is 2.93. The van der Waals surface area contributed by atoms with E-state index >= 15 is 0 Å². The monoisotopic (exact) mass is 332 g/mol. The van der Waals surface area contributed by atoms with Gasteiger partial charge in [-0.25, -0.2) is 9.78 Å². The summed E-state index contributed by atoms with van der Waals surface area (Å²) in [6, 6.07) is 7.08. The maximum Gasteiger partial charge on any atom is 0.321 e. The predicted octanol–water partition coefficient (Wildman–Crippen LogP) is 3.82. The maximum absolute atomic E-state index is 12.2. The molecule has 23 heavy (non-hydrogen) atoms. The van der Waals surface area contributed by atoms with Gasteiger partial charge in [-0.1, -0.05) is 25.4 Å². The van der Waals surface area contributed by atoms with Crippen molar-refractivity contribution >= 4 is 23.3 Å². The first kappa shape index (κ1) is 15.9.